The summed E-state index contributed by atoms with van der Waals surface area (Å²) in [6, 6.07) is 15.6. The predicted octanol–water partition coefficient (Wildman–Crippen LogP) is 3.83. The molecular formula is C32H34ClN9O5. The highest BCUT2D eigenvalue weighted by atomic mass is 35.5. The van der Waals surface area contributed by atoms with Crippen LogP contribution in [-0.2, 0) is 29.4 Å². The van der Waals surface area contributed by atoms with E-state index in [-0.39, 0.29) is 57.9 Å². The third-order valence-corrected chi connectivity index (χ3v) is 8.20. The Labute approximate surface area is 275 Å². The Balaban J connectivity index is 1.07. The second-order valence-electron chi connectivity index (χ2n) is 11.3. The number of oxazole rings is 1. The Morgan fingerprint density at radius 1 is 0.851 bits per heavy atom. The topological polar surface area (TPSA) is 197 Å². The second-order valence-corrected chi connectivity index (χ2v) is 11.7. The lowest BCUT2D eigenvalue weighted by Crippen LogP contribution is -2.13. The fourth-order valence-electron chi connectivity index (χ4n) is 5.31. The third-order valence-electron chi connectivity index (χ3n) is 7.84. The number of carbonyl (C=O) groups excluding carboxylic acids is 2. The third kappa shape index (κ3) is 7.38. The number of halogens is 1. The number of nitrogens with one attached hydrogen (secondary N) is 2. The summed E-state index contributed by atoms with van der Waals surface area (Å²) < 4.78 is 17.6. The van der Waals surface area contributed by atoms with Gasteiger partial charge in [-0.1, -0.05) is 35.9 Å². The number of hydrogen-bond acceptors (Lipinski definition) is 11. The molecule has 14 nitrogen and oxygen atoms in total. The average molecular weight is 660 g/mol. The van der Waals surface area contributed by atoms with Crippen LogP contribution in [0.4, 0.5) is 11.4 Å². The first-order chi connectivity index (χ1) is 22.6. The Bertz CT molecular complexity index is 1850. The summed E-state index contributed by atoms with van der Waals surface area (Å²) in [4.78, 5) is 39.1. The van der Waals surface area contributed by atoms with Gasteiger partial charge in [0.1, 0.15) is 29.7 Å². The summed E-state index contributed by atoms with van der Waals surface area (Å²) in [6.07, 6.45) is 3.21. The number of aryl methyl sites for hydroxylation is 4. The number of nitrogens with two attached hydrogens (primary N) is 2. The monoisotopic (exact) mass is 659 g/mol. The van der Waals surface area contributed by atoms with Gasteiger partial charge in [-0.3, -0.25) is 14.3 Å². The van der Waals surface area contributed by atoms with Gasteiger partial charge in [-0.2, -0.15) is 5.10 Å². The van der Waals surface area contributed by atoms with Crippen LogP contribution in [0.5, 0.6) is 0 Å². The van der Waals surface area contributed by atoms with Crippen LogP contribution in [0, 0.1) is 6.92 Å². The molecule has 2 aromatic heterocycles. The van der Waals surface area contributed by atoms with Crippen molar-refractivity contribution in [1.82, 2.24) is 14.8 Å². The van der Waals surface area contributed by atoms with Gasteiger partial charge in [0.25, 0.3) is 23.9 Å². The number of ether oxygens (including phenoxy) is 2. The van der Waals surface area contributed by atoms with Gasteiger partial charge in [0.2, 0.25) is 5.89 Å². The average Bonchev–Trinajstić information content (AvgIpc) is 3.83. The molecule has 2 aliphatic heterocycles. The summed E-state index contributed by atoms with van der Waals surface area (Å²) in [7, 11) is 1.61. The van der Waals surface area contributed by atoms with E-state index in [4.69, 9.17) is 37.0 Å². The second kappa shape index (κ2) is 13.5. The van der Waals surface area contributed by atoms with Crippen molar-refractivity contribution in [3.05, 3.63) is 81.8 Å². The maximum atomic E-state index is 13.1. The predicted molar refractivity (Wildman–Crippen MR) is 177 cm³/mol. The molecule has 244 valence electrons. The van der Waals surface area contributed by atoms with Crippen LogP contribution >= 0.6 is 11.6 Å². The molecule has 0 saturated carbocycles. The van der Waals surface area contributed by atoms with E-state index in [9.17, 15) is 9.59 Å². The van der Waals surface area contributed by atoms with Crippen molar-refractivity contribution < 1.29 is 23.5 Å². The first-order valence-corrected chi connectivity index (χ1v) is 15.4. The number of nitrogens with zero attached hydrogens (tertiary/aromatic N) is 5. The van der Waals surface area contributed by atoms with Crippen molar-refractivity contribution in [3.8, 4) is 11.6 Å². The van der Waals surface area contributed by atoms with Crippen LogP contribution in [0.15, 0.2) is 62.9 Å². The molecule has 2 aliphatic rings. The van der Waals surface area contributed by atoms with Crippen LogP contribution in [0.2, 0.25) is 5.02 Å². The number of amidine groups is 2. The van der Waals surface area contributed by atoms with Crippen LogP contribution in [-0.4, -0.2) is 63.9 Å². The van der Waals surface area contributed by atoms with Gasteiger partial charge in [0.15, 0.2) is 11.4 Å². The largest absolute Gasteiger partial charge is 0.463 e. The van der Waals surface area contributed by atoms with E-state index in [1.165, 1.54) is 4.68 Å². The maximum Gasteiger partial charge on any atom is 0.282 e. The fourth-order valence-corrected chi connectivity index (χ4v) is 5.64. The molecule has 6 N–H and O–H groups in total. The summed E-state index contributed by atoms with van der Waals surface area (Å²) in [5.41, 5.74) is 14.8. The van der Waals surface area contributed by atoms with Crippen LogP contribution in [0.1, 0.15) is 50.7 Å². The maximum absolute atomic E-state index is 13.1. The highest BCUT2D eigenvalue weighted by molar-refractivity contribution is 6.36. The van der Waals surface area contributed by atoms with Crippen molar-refractivity contribution in [2.24, 2.45) is 28.5 Å². The van der Waals surface area contributed by atoms with E-state index in [0.717, 1.165) is 36.8 Å². The number of aliphatic imine (C=N–C) groups is 2. The Hall–Kier alpha value is -5.37. The van der Waals surface area contributed by atoms with Gasteiger partial charge in [0.05, 0.1) is 12.1 Å². The number of anilines is 2. The Morgan fingerprint density at radius 3 is 1.81 bits per heavy atom. The Morgan fingerprint density at radius 2 is 1.34 bits per heavy atom. The molecular weight excluding hydrogens is 626 g/mol. The highest BCUT2D eigenvalue weighted by Gasteiger charge is 2.27. The lowest BCUT2D eigenvalue weighted by Gasteiger charge is -2.07. The molecule has 2 unspecified atom stereocenters. The van der Waals surface area contributed by atoms with Gasteiger partial charge < -0.3 is 36.0 Å². The molecule has 47 heavy (non-hydrogen) atoms. The lowest BCUT2D eigenvalue weighted by atomic mass is 10.1. The molecule has 6 rings (SSSR count). The van der Waals surface area contributed by atoms with Crippen LogP contribution in [0.3, 0.4) is 0 Å². The summed E-state index contributed by atoms with van der Waals surface area (Å²) in [6.45, 7) is 2.62. The minimum Gasteiger partial charge on any atom is -0.463 e. The molecule has 2 atom stereocenters. The molecule has 15 heteroatoms. The number of hydrogen-bond donors (Lipinski definition) is 4. The number of amides is 2. The van der Waals surface area contributed by atoms with Gasteiger partial charge >= 0.3 is 0 Å². The van der Waals surface area contributed by atoms with E-state index >= 15 is 0 Å². The summed E-state index contributed by atoms with van der Waals surface area (Å²) >= 11 is 6.63. The minimum absolute atomic E-state index is 0.0115. The fraction of sp³-hybridized carbons (Fsp3) is 0.312. The molecule has 4 heterocycles. The zero-order valence-corrected chi connectivity index (χ0v) is 26.6. The number of carbonyl (C=O) groups is 2. The minimum atomic E-state index is -0.504. The SMILES string of the molecule is Cc1oc(-c2c(Cl)c(C(=O)Nc3ccc(CCC4COC(N)=N4)cc3)nn2C)nc1C(=O)Nc1ccc(CCC2COC(N)=N2)cc1. The van der Waals surface area contributed by atoms with E-state index in [1.54, 1.807) is 26.1 Å². The highest BCUT2D eigenvalue weighted by Crippen LogP contribution is 2.32. The first kappa shape index (κ1) is 31.6. The van der Waals surface area contributed by atoms with Crippen LogP contribution in [0.25, 0.3) is 11.6 Å². The van der Waals surface area contributed by atoms with Crippen LogP contribution < -0.4 is 22.1 Å². The molecule has 0 aliphatic carbocycles. The molecule has 0 radical (unpaired) electrons. The number of rotatable bonds is 11. The standard InChI is InChI=1S/C32H34ClN9O5/c1-17-25(28(43)36-20-9-3-18(4-10-20)7-13-22-15-45-31(34)38-22)40-30(47-17)27-24(33)26(41-42(27)2)29(44)37-21-11-5-19(6-12-21)8-14-23-16-46-32(35)39-23/h3-6,9-12,22-23H,7-8,13-16H2,1-2H3,(H2,34,38)(H2,35,39)(H,36,43)(H,37,44). The van der Waals surface area contributed by atoms with Crippen molar-refractivity contribution >= 4 is 46.8 Å². The van der Waals surface area contributed by atoms with E-state index < -0.39 is 11.8 Å². The van der Waals surface area contributed by atoms with Crippen molar-refractivity contribution in [2.45, 2.75) is 44.7 Å². The zero-order chi connectivity index (χ0) is 33.1. The normalized spacial score (nSPS) is 17.1. The molecule has 2 aromatic carbocycles. The quantitative estimate of drug-likeness (QED) is 0.185. The molecule has 2 amide bonds. The molecule has 0 bridgehead atoms. The van der Waals surface area contributed by atoms with Gasteiger partial charge in [-0.05, 0) is 68.0 Å². The smallest absolute Gasteiger partial charge is 0.282 e. The van der Waals surface area contributed by atoms with E-state index in [2.05, 4.69) is 30.7 Å². The van der Waals surface area contributed by atoms with Crippen molar-refractivity contribution in [1.29, 1.82) is 0 Å². The molecule has 4 aromatic rings. The number of aromatic nitrogens is 3. The van der Waals surface area contributed by atoms with Gasteiger partial charge in [0, 0.05) is 18.4 Å². The van der Waals surface area contributed by atoms with Crippen molar-refractivity contribution in [2.75, 3.05) is 23.8 Å². The number of benzene rings is 2. The van der Waals surface area contributed by atoms with E-state index in [1.807, 2.05) is 36.4 Å². The van der Waals surface area contributed by atoms with Gasteiger partial charge in [-0.15, -0.1) is 0 Å². The van der Waals surface area contributed by atoms with Crippen molar-refractivity contribution in [3.63, 3.8) is 0 Å². The lowest BCUT2D eigenvalue weighted by molar-refractivity contribution is 0.101. The van der Waals surface area contributed by atoms with E-state index in [0.29, 0.717) is 24.6 Å². The summed E-state index contributed by atoms with van der Waals surface area (Å²) in [5, 5.41) is 10.0. The van der Waals surface area contributed by atoms with Gasteiger partial charge in [-0.25, -0.2) is 15.0 Å². The molecule has 0 saturated heterocycles. The molecule has 0 spiro atoms. The molecule has 0 fully saturated rings. The zero-order valence-electron chi connectivity index (χ0n) is 25.8. The summed E-state index contributed by atoms with van der Waals surface area (Å²) in [5.74, 6) is -0.613. The first-order valence-electron chi connectivity index (χ1n) is 15.1. The Kier molecular flexibility index (Phi) is 9.11.